The van der Waals surface area contributed by atoms with Crippen LogP contribution < -0.4 is 5.32 Å². The maximum atomic E-state index is 11.8. The van der Waals surface area contributed by atoms with E-state index in [1.54, 1.807) is 30.3 Å². The van der Waals surface area contributed by atoms with Gasteiger partial charge in [0.15, 0.2) is 0 Å². The SMILES string of the molecule is CN1C(=O)N/C(=C/c2ccc(-c3cc(Cl)ccc3Cl)o2)C1=O. The number of carbonyl (C=O) groups is 2. The minimum atomic E-state index is -0.471. The van der Waals surface area contributed by atoms with Crippen molar-refractivity contribution >= 4 is 41.2 Å². The normalized spacial score (nSPS) is 16.5. The number of rotatable bonds is 2. The van der Waals surface area contributed by atoms with Crippen LogP contribution in [0.25, 0.3) is 17.4 Å². The van der Waals surface area contributed by atoms with Gasteiger partial charge in [0.2, 0.25) is 0 Å². The van der Waals surface area contributed by atoms with Gasteiger partial charge in [-0.05, 0) is 30.3 Å². The third kappa shape index (κ3) is 2.61. The molecule has 0 aliphatic carbocycles. The summed E-state index contributed by atoms with van der Waals surface area (Å²) in [5, 5.41) is 3.50. The van der Waals surface area contributed by atoms with Crippen LogP contribution in [0, 0.1) is 0 Å². The summed E-state index contributed by atoms with van der Waals surface area (Å²) in [4.78, 5) is 24.2. The fourth-order valence-corrected chi connectivity index (χ4v) is 2.41. The summed E-state index contributed by atoms with van der Waals surface area (Å²) in [7, 11) is 1.40. The molecule has 1 fully saturated rings. The highest BCUT2D eigenvalue weighted by molar-refractivity contribution is 6.35. The van der Waals surface area contributed by atoms with Crippen LogP contribution in [-0.2, 0) is 4.79 Å². The molecule has 0 unspecified atom stereocenters. The summed E-state index contributed by atoms with van der Waals surface area (Å²) in [6.45, 7) is 0. The van der Waals surface area contributed by atoms with Gasteiger partial charge in [0.1, 0.15) is 17.2 Å². The number of halogens is 2. The highest BCUT2D eigenvalue weighted by atomic mass is 35.5. The van der Waals surface area contributed by atoms with E-state index < -0.39 is 11.9 Å². The Morgan fingerprint density at radius 2 is 1.95 bits per heavy atom. The molecule has 1 aromatic heterocycles. The molecule has 22 heavy (non-hydrogen) atoms. The van der Waals surface area contributed by atoms with Crippen molar-refractivity contribution in [2.24, 2.45) is 0 Å². The lowest BCUT2D eigenvalue weighted by atomic mass is 10.2. The van der Waals surface area contributed by atoms with Crippen LogP contribution in [0.5, 0.6) is 0 Å². The molecule has 7 heteroatoms. The second-order valence-corrected chi connectivity index (χ2v) is 5.52. The molecule has 2 heterocycles. The summed E-state index contributed by atoms with van der Waals surface area (Å²) in [5.74, 6) is 0.526. The molecule has 1 aliphatic heterocycles. The molecule has 1 N–H and O–H groups in total. The smallest absolute Gasteiger partial charge is 0.328 e. The first-order chi connectivity index (χ1) is 10.5. The molecule has 0 atom stereocenters. The van der Waals surface area contributed by atoms with Gasteiger partial charge in [0.25, 0.3) is 5.91 Å². The first-order valence-electron chi connectivity index (χ1n) is 6.31. The molecule has 1 saturated heterocycles. The van der Waals surface area contributed by atoms with Gasteiger partial charge in [0.05, 0.1) is 5.02 Å². The molecular weight excluding hydrogens is 327 g/mol. The second-order valence-electron chi connectivity index (χ2n) is 4.68. The van der Waals surface area contributed by atoms with Gasteiger partial charge in [-0.2, -0.15) is 0 Å². The van der Waals surface area contributed by atoms with Crippen LogP contribution in [0.1, 0.15) is 5.76 Å². The highest BCUT2D eigenvalue weighted by Crippen LogP contribution is 2.32. The number of nitrogens with one attached hydrogen (secondary N) is 1. The van der Waals surface area contributed by atoms with E-state index >= 15 is 0 Å². The van der Waals surface area contributed by atoms with Crippen molar-refractivity contribution in [1.29, 1.82) is 0 Å². The van der Waals surface area contributed by atoms with Crippen molar-refractivity contribution in [2.45, 2.75) is 0 Å². The lowest BCUT2D eigenvalue weighted by Gasteiger charge is -2.01. The van der Waals surface area contributed by atoms with E-state index in [0.29, 0.717) is 27.1 Å². The Balaban J connectivity index is 1.93. The lowest BCUT2D eigenvalue weighted by molar-refractivity contribution is -0.121. The Bertz CT molecular complexity index is 811. The van der Waals surface area contributed by atoms with Gasteiger partial charge < -0.3 is 9.73 Å². The maximum Gasteiger partial charge on any atom is 0.328 e. The molecule has 1 aliphatic rings. The van der Waals surface area contributed by atoms with Crippen LogP contribution in [0.15, 0.2) is 40.4 Å². The Morgan fingerprint density at radius 3 is 2.64 bits per heavy atom. The van der Waals surface area contributed by atoms with Crippen molar-refractivity contribution in [3.8, 4) is 11.3 Å². The quantitative estimate of drug-likeness (QED) is 0.670. The van der Waals surface area contributed by atoms with Gasteiger partial charge >= 0.3 is 6.03 Å². The van der Waals surface area contributed by atoms with Crippen molar-refractivity contribution < 1.29 is 14.0 Å². The highest BCUT2D eigenvalue weighted by Gasteiger charge is 2.30. The number of amides is 3. The van der Waals surface area contributed by atoms with Crippen molar-refractivity contribution in [3.63, 3.8) is 0 Å². The van der Waals surface area contributed by atoms with Crippen LogP contribution in [0.2, 0.25) is 10.0 Å². The fraction of sp³-hybridized carbons (Fsp3) is 0.0667. The zero-order valence-corrected chi connectivity index (χ0v) is 12.9. The molecule has 0 bridgehead atoms. The van der Waals surface area contributed by atoms with Crippen LogP contribution in [-0.4, -0.2) is 23.9 Å². The average Bonchev–Trinajstić information content (AvgIpc) is 3.03. The van der Waals surface area contributed by atoms with E-state index in [2.05, 4.69) is 5.32 Å². The Labute approximate surface area is 136 Å². The molecule has 112 valence electrons. The predicted molar refractivity (Wildman–Crippen MR) is 83.4 cm³/mol. The number of carbonyl (C=O) groups excluding carboxylic acids is 2. The lowest BCUT2D eigenvalue weighted by Crippen LogP contribution is -2.25. The molecule has 0 radical (unpaired) electrons. The van der Waals surface area contributed by atoms with Crippen LogP contribution >= 0.6 is 23.2 Å². The molecule has 0 saturated carbocycles. The number of benzene rings is 1. The third-order valence-electron chi connectivity index (χ3n) is 3.19. The summed E-state index contributed by atoms with van der Waals surface area (Å²) >= 11 is 12.1. The minimum absolute atomic E-state index is 0.158. The standard InChI is InChI=1S/C15H10Cl2N2O3/c1-19-14(20)12(18-15(19)21)7-9-3-5-13(22-9)10-6-8(16)2-4-11(10)17/h2-7H,1H3,(H,18,21)/b12-7+. The maximum absolute atomic E-state index is 11.8. The molecule has 3 amide bonds. The number of likely N-dealkylation sites (N-methyl/N-ethyl adjacent to an activating group) is 1. The van der Waals surface area contributed by atoms with E-state index in [0.717, 1.165) is 4.90 Å². The van der Waals surface area contributed by atoms with Gasteiger partial charge in [-0.1, -0.05) is 23.2 Å². The zero-order chi connectivity index (χ0) is 15.9. The van der Waals surface area contributed by atoms with Crippen molar-refractivity contribution in [3.05, 3.63) is 51.8 Å². The topological polar surface area (TPSA) is 62.6 Å². The Morgan fingerprint density at radius 1 is 1.18 bits per heavy atom. The Kier molecular flexibility index (Phi) is 3.68. The van der Waals surface area contributed by atoms with E-state index in [1.807, 2.05) is 0 Å². The van der Waals surface area contributed by atoms with Crippen LogP contribution in [0.3, 0.4) is 0 Å². The summed E-state index contributed by atoms with van der Waals surface area (Å²) in [5.41, 5.74) is 0.809. The molecule has 5 nitrogen and oxygen atoms in total. The summed E-state index contributed by atoms with van der Waals surface area (Å²) in [6, 6.07) is 7.97. The predicted octanol–water partition coefficient (Wildman–Crippen LogP) is 3.78. The number of urea groups is 1. The molecule has 2 aromatic rings. The number of hydrogen-bond acceptors (Lipinski definition) is 3. The second kappa shape index (κ2) is 5.51. The van der Waals surface area contributed by atoms with Gasteiger partial charge in [-0.25, -0.2) is 4.79 Å². The summed E-state index contributed by atoms with van der Waals surface area (Å²) < 4.78 is 5.64. The number of nitrogens with zero attached hydrogens (tertiary/aromatic N) is 1. The molecule has 0 spiro atoms. The average molecular weight is 337 g/mol. The van der Waals surface area contributed by atoms with Gasteiger partial charge in [-0.3, -0.25) is 9.69 Å². The first kappa shape index (κ1) is 14.7. The van der Waals surface area contributed by atoms with E-state index in [4.69, 9.17) is 27.6 Å². The summed E-state index contributed by atoms with van der Waals surface area (Å²) in [6.07, 6.45) is 1.46. The fourth-order valence-electron chi connectivity index (χ4n) is 2.03. The molecular formula is C15H10Cl2N2O3. The zero-order valence-electron chi connectivity index (χ0n) is 11.4. The van der Waals surface area contributed by atoms with E-state index in [-0.39, 0.29) is 5.70 Å². The number of furan rings is 1. The number of imide groups is 1. The first-order valence-corrected chi connectivity index (χ1v) is 7.07. The van der Waals surface area contributed by atoms with Crippen molar-refractivity contribution in [2.75, 3.05) is 7.05 Å². The van der Waals surface area contributed by atoms with Crippen LogP contribution in [0.4, 0.5) is 4.79 Å². The number of hydrogen-bond donors (Lipinski definition) is 1. The van der Waals surface area contributed by atoms with Gasteiger partial charge in [0, 0.05) is 23.7 Å². The van der Waals surface area contributed by atoms with Crippen molar-refractivity contribution in [1.82, 2.24) is 10.2 Å². The van der Waals surface area contributed by atoms with E-state index in [1.165, 1.54) is 13.1 Å². The largest absolute Gasteiger partial charge is 0.457 e. The van der Waals surface area contributed by atoms with Gasteiger partial charge in [-0.15, -0.1) is 0 Å². The van der Waals surface area contributed by atoms with E-state index in [9.17, 15) is 9.59 Å². The minimum Gasteiger partial charge on any atom is -0.457 e. The Hall–Kier alpha value is -2.24. The molecule has 1 aromatic carbocycles. The molecule has 3 rings (SSSR count). The monoisotopic (exact) mass is 336 g/mol. The third-order valence-corrected chi connectivity index (χ3v) is 3.75.